The first kappa shape index (κ1) is 27.2. The van der Waals surface area contributed by atoms with Crippen LogP contribution in [0.25, 0.3) is 0 Å². The van der Waals surface area contributed by atoms with Crippen molar-refractivity contribution < 1.29 is 17.9 Å². The van der Waals surface area contributed by atoms with Crippen molar-refractivity contribution in [3.05, 3.63) is 95.6 Å². The fourth-order valence-electron chi connectivity index (χ4n) is 7.76. The van der Waals surface area contributed by atoms with Crippen molar-refractivity contribution in [2.24, 2.45) is 23.5 Å². The van der Waals surface area contributed by atoms with Crippen LogP contribution in [0.15, 0.2) is 78.9 Å². The molecule has 3 fully saturated rings. The Balaban J connectivity index is 1.59. The molecule has 2 aliphatic carbocycles. The van der Waals surface area contributed by atoms with Crippen LogP contribution in [0.2, 0.25) is 0 Å². The van der Waals surface area contributed by atoms with Crippen LogP contribution >= 0.6 is 0 Å². The van der Waals surface area contributed by atoms with Gasteiger partial charge in [-0.1, -0.05) is 93.9 Å². The number of nitrogens with zero attached hydrogens (tertiary/aromatic N) is 1. The fraction of sp³-hybridized carbons (Fsp3) is 0.471. The molecule has 2 saturated carbocycles. The molecule has 0 amide bonds. The summed E-state index contributed by atoms with van der Waals surface area (Å²) in [5.74, 6) is 1.26. The first-order valence-corrected chi connectivity index (χ1v) is 14.6. The number of hydrogen-bond donors (Lipinski definition) is 1. The summed E-state index contributed by atoms with van der Waals surface area (Å²) in [6, 6.07) is 25.5. The van der Waals surface area contributed by atoms with Crippen LogP contribution in [0.3, 0.4) is 0 Å². The highest BCUT2D eigenvalue weighted by atomic mass is 19.4. The molecule has 6 atom stereocenters. The normalized spacial score (nSPS) is 28.1. The van der Waals surface area contributed by atoms with Gasteiger partial charge in [0.05, 0.1) is 11.7 Å². The van der Waals surface area contributed by atoms with E-state index in [1.54, 1.807) is 6.07 Å². The topological polar surface area (TPSA) is 38.5 Å². The van der Waals surface area contributed by atoms with Crippen LogP contribution in [0.4, 0.5) is 18.9 Å². The molecular formula is C34H39F3N2O. The Morgan fingerprint density at radius 3 is 2.05 bits per heavy atom. The first-order chi connectivity index (χ1) is 19.0. The summed E-state index contributed by atoms with van der Waals surface area (Å²) in [4.78, 5) is 2.28. The average Bonchev–Trinajstić information content (AvgIpc) is 3.64. The van der Waals surface area contributed by atoms with Crippen LogP contribution in [0.5, 0.6) is 5.75 Å². The van der Waals surface area contributed by atoms with Crippen molar-refractivity contribution in [1.82, 2.24) is 0 Å². The minimum Gasteiger partial charge on any atom is -0.404 e. The van der Waals surface area contributed by atoms with E-state index >= 15 is 0 Å². The van der Waals surface area contributed by atoms with Gasteiger partial charge in [0.1, 0.15) is 0 Å². The van der Waals surface area contributed by atoms with Gasteiger partial charge in [-0.2, -0.15) is 0 Å². The summed E-state index contributed by atoms with van der Waals surface area (Å²) in [7, 11) is 0. The lowest BCUT2D eigenvalue weighted by atomic mass is 9.79. The Labute approximate surface area is 235 Å². The number of halogens is 3. The van der Waals surface area contributed by atoms with Gasteiger partial charge in [-0.25, -0.2) is 0 Å². The van der Waals surface area contributed by atoms with E-state index in [4.69, 9.17) is 10.5 Å². The zero-order valence-corrected chi connectivity index (χ0v) is 23.4. The van der Waals surface area contributed by atoms with Crippen molar-refractivity contribution >= 4 is 5.69 Å². The second-order valence-electron chi connectivity index (χ2n) is 13.0. The molecule has 0 aromatic heterocycles. The van der Waals surface area contributed by atoms with Gasteiger partial charge in [0.25, 0.3) is 0 Å². The SMILES string of the molecule is CC(C)(C)c1ccc(OC(F)(F)F)c(N2C3CCCC4C(C3)C4C(N)C2C(c2ccccc2)c2ccccc2)c1. The summed E-state index contributed by atoms with van der Waals surface area (Å²) in [6.07, 6.45) is -0.689. The van der Waals surface area contributed by atoms with E-state index in [9.17, 15) is 13.2 Å². The molecule has 40 heavy (non-hydrogen) atoms. The van der Waals surface area contributed by atoms with Crippen LogP contribution in [-0.2, 0) is 5.41 Å². The highest BCUT2D eigenvalue weighted by molar-refractivity contribution is 5.64. The minimum atomic E-state index is -4.80. The van der Waals surface area contributed by atoms with E-state index in [1.807, 2.05) is 42.5 Å². The average molecular weight is 549 g/mol. The number of fused-ring (bicyclic) bond motifs is 2. The van der Waals surface area contributed by atoms with Gasteiger partial charge in [0.2, 0.25) is 0 Å². The maximum atomic E-state index is 13.8. The Bertz CT molecular complexity index is 1280. The molecule has 0 radical (unpaired) electrons. The van der Waals surface area contributed by atoms with Gasteiger partial charge in [-0.3, -0.25) is 0 Å². The lowest BCUT2D eigenvalue weighted by Gasteiger charge is -2.46. The molecule has 1 aliphatic heterocycles. The van der Waals surface area contributed by atoms with Crippen molar-refractivity contribution in [2.45, 2.75) is 82.3 Å². The van der Waals surface area contributed by atoms with Crippen molar-refractivity contribution in [2.75, 3.05) is 4.90 Å². The lowest BCUT2D eigenvalue weighted by molar-refractivity contribution is -0.274. The molecule has 3 aromatic rings. The van der Waals surface area contributed by atoms with E-state index in [1.165, 1.54) is 6.07 Å². The molecule has 0 spiro atoms. The van der Waals surface area contributed by atoms with Gasteiger partial charge < -0.3 is 15.4 Å². The molecule has 212 valence electrons. The van der Waals surface area contributed by atoms with E-state index in [-0.39, 0.29) is 35.2 Å². The van der Waals surface area contributed by atoms with Crippen molar-refractivity contribution in [3.63, 3.8) is 0 Å². The molecule has 6 unspecified atom stereocenters. The number of alkyl halides is 3. The summed E-state index contributed by atoms with van der Waals surface area (Å²) in [5.41, 5.74) is 10.8. The molecule has 3 aliphatic rings. The quantitative estimate of drug-likeness (QED) is 0.351. The second-order valence-corrected chi connectivity index (χ2v) is 13.0. The predicted octanol–water partition coefficient (Wildman–Crippen LogP) is 8.04. The van der Waals surface area contributed by atoms with E-state index in [0.717, 1.165) is 42.4 Å². The van der Waals surface area contributed by atoms with Gasteiger partial charge >= 0.3 is 6.36 Å². The molecule has 6 rings (SSSR count). The highest BCUT2D eigenvalue weighted by Crippen LogP contribution is 2.61. The largest absolute Gasteiger partial charge is 0.573 e. The summed E-state index contributed by atoms with van der Waals surface area (Å²) in [6.45, 7) is 6.26. The minimum absolute atomic E-state index is 0.0827. The summed E-state index contributed by atoms with van der Waals surface area (Å²) in [5, 5.41) is 0. The standard InChI is InChI=1S/C34H39F3N2O/c1-33(2,3)23-17-18-28(40-34(35,36)37)27(19-23)39-24-15-10-16-25-26(20-24)30(25)31(38)32(39)29(21-11-6-4-7-12-21)22-13-8-5-9-14-22/h4-9,11-14,17-19,24-26,29-32H,10,15-16,20,38H2,1-3H3. The Hall–Kier alpha value is -2.99. The predicted molar refractivity (Wildman–Crippen MR) is 154 cm³/mol. The maximum absolute atomic E-state index is 13.8. The lowest BCUT2D eigenvalue weighted by Crippen LogP contribution is -2.55. The number of ether oxygens (including phenoxy) is 1. The monoisotopic (exact) mass is 548 g/mol. The first-order valence-electron chi connectivity index (χ1n) is 14.6. The molecule has 3 aromatic carbocycles. The van der Waals surface area contributed by atoms with E-state index < -0.39 is 6.36 Å². The van der Waals surface area contributed by atoms with E-state index in [2.05, 4.69) is 49.9 Å². The van der Waals surface area contributed by atoms with Crippen LogP contribution in [0, 0.1) is 17.8 Å². The van der Waals surface area contributed by atoms with Crippen LogP contribution in [-0.4, -0.2) is 24.5 Å². The number of rotatable bonds is 5. The number of anilines is 1. The fourth-order valence-corrected chi connectivity index (χ4v) is 7.76. The smallest absolute Gasteiger partial charge is 0.404 e. The molecule has 3 nitrogen and oxygen atoms in total. The molecular weight excluding hydrogens is 509 g/mol. The third-order valence-corrected chi connectivity index (χ3v) is 9.56. The molecule has 2 N–H and O–H groups in total. The third-order valence-electron chi connectivity index (χ3n) is 9.56. The summed E-state index contributed by atoms with van der Waals surface area (Å²) < 4.78 is 46.2. The van der Waals surface area contributed by atoms with Crippen LogP contribution in [0.1, 0.15) is 69.1 Å². The van der Waals surface area contributed by atoms with Crippen LogP contribution < -0.4 is 15.4 Å². The number of nitrogens with two attached hydrogens (primary N) is 1. The van der Waals surface area contributed by atoms with Gasteiger partial charge in [-0.05, 0) is 71.3 Å². The zero-order chi connectivity index (χ0) is 28.2. The third kappa shape index (κ3) is 5.11. The van der Waals surface area contributed by atoms with Crippen molar-refractivity contribution in [1.29, 1.82) is 0 Å². The van der Waals surface area contributed by atoms with E-state index in [0.29, 0.717) is 23.4 Å². The molecule has 2 bridgehead atoms. The zero-order valence-electron chi connectivity index (χ0n) is 23.4. The van der Waals surface area contributed by atoms with Gasteiger partial charge in [-0.15, -0.1) is 13.2 Å². The maximum Gasteiger partial charge on any atom is 0.573 e. The Kier molecular flexibility index (Phi) is 6.89. The van der Waals surface area contributed by atoms with Gasteiger partial charge in [0, 0.05) is 18.0 Å². The summed E-state index contributed by atoms with van der Waals surface area (Å²) >= 11 is 0. The molecule has 1 heterocycles. The second kappa shape index (κ2) is 10.1. The highest BCUT2D eigenvalue weighted by Gasteiger charge is 2.60. The number of benzene rings is 3. The molecule has 6 heteroatoms. The van der Waals surface area contributed by atoms with Gasteiger partial charge in [0.15, 0.2) is 5.75 Å². The Morgan fingerprint density at radius 2 is 1.48 bits per heavy atom. The number of hydrogen-bond acceptors (Lipinski definition) is 3. The van der Waals surface area contributed by atoms with Crippen molar-refractivity contribution in [3.8, 4) is 5.75 Å². The molecule has 1 saturated heterocycles. The Morgan fingerprint density at radius 1 is 0.850 bits per heavy atom.